The standard InChI is InChI=1S/C12H10N6O/c13-4-6-5-16-12(14)18-10(6)9-3-7-8(17-9)1-2-15-11(7)19/h3,5,17H,1-2H2,(H,15,19)(H2,14,16,18). The first-order chi connectivity index (χ1) is 9.19. The Morgan fingerprint density at radius 2 is 2.32 bits per heavy atom. The summed E-state index contributed by atoms with van der Waals surface area (Å²) in [5.41, 5.74) is 8.31. The largest absolute Gasteiger partial charge is 0.368 e. The zero-order valence-electron chi connectivity index (χ0n) is 9.90. The van der Waals surface area contributed by atoms with Gasteiger partial charge < -0.3 is 16.0 Å². The Hall–Kier alpha value is -2.88. The highest BCUT2D eigenvalue weighted by molar-refractivity contribution is 5.97. The molecule has 0 unspecified atom stereocenters. The number of nitriles is 1. The maximum absolute atomic E-state index is 11.7. The number of aromatic amines is 1. The van der Waals surface area contributed by atoms with E-state index in [-0.39, 0.29) is 11.9 Å². The highest BCUT2D eigenvalue weighted by Gasteiger charge is 2.21. The molecule has 0 saturated heterocycles. The van der Waals surface area contributed by atoms with E-state index in [0.29, 0.717) is 29.1 Å². The predicted octanol–water partition coefficient (Wildman–Crippen LogP) is 0.211. The molecule has 0 spiro atoms. The van der Waals surface area contributed by atoms with Crippen molar-refractivity contribution >= 4 is 11.9 Å². The fraction of sp³-hybridized carbons (Fsp3) is 0.167. The number of aromatic nitrogens is 3. The second-order valence-corrected chi connectivity index (χ2v) is 4.18. The summed E-state index contributed by atoms with van der Waals surface area (Å²) in [6, 6.07) is 3.70. The fourth-order valence-corrected chi connectivity index (χ4v) is 2.10. The molecule has 0 fully saturated rings. The first-order valence-electron chi connectivity index (χ1n) is 5.72. The smallest absolute Gasteiger partial charge is 0.253 e. The van der Waals surface area contributed by atoms with Crippen LogP contribution in [-0.4, -0.2) is 27.4 Å². The molecule has 1 amide bonds. The van der Waals surface area contributed by atoms with Crippen molar-refractivity contribution in [3.05, 3.63) is 29.1 Å². The van der Waals surface area contributed by atoms with Crippen LogP contribution >= 0.6 is 0 Å². The molecule has 0 saturated carbocycles. The second kappa shape index (κ2) is 4.10. The van der Waals surface area contributed by atoms with Crippen LogP contribution in [0.25, 0.3) is 11.4 Å². The third kappa shape index (κ3) is 1.79. The van der Waals surface area contributed by atoms with Gasteiger partial charge in [0, 0.05) is 18.7 Å². The maximum Gasteiger partial charge on any atom is 0.253 e. The monoisotopic (exact) mass is 254 g/mol. The minimum atomic E-state index is -0.121. The SMILES string of the molecule is N#Cc1cnc(N)nc1-c1cc2c([nH]1)CCNC2=O. The molecule has 1 aliphatic heterocycles. The number of rotatable bonds is 1. The Balaban J connectivity index is 2.16. The first kappa shape index (κ1) is 11.2. The lowest BCUT2D eigenvalue weighted by Gasteiger charge is -2.10. The van der Waals surface area contributed by atoms with E-state index in [4.69, 9.17) is 11.0 Å². The molecule has 7 heteroatoms. The van der Waals surface area contributed by atoms with Gasteiger partial charge in [-0.3, -0.25) is 4.79 Å². The van der Waals surface area contributed by atoms with Crippen LogP contribution in [0.4, 0.5) is 5.95 Å². The number of fused-ring (bicyclic) bond motifs is 1. The number of hydrogen-bond donors (Lipinski definition) is 3. The number of nitrogens with zero attached hydrogens (tertiary/aromatic N) is 3. The summed E-state index contributed by atoms with van der Waals surface area (Å²) in [6.07, 6.45) is 2.10. The number of carbonyl (C=O) groups excluding carboxylic acids is 1. The lowest BCUT2D eigenvalue weighted by Crippen LogP contribution is -2.31. The minimum Gasteiger partial charge on any atom is -0.368 e. The molecule has 0 atom stereocenters. The number of anilines is 1. The average molecular weight is 254 g/mol. The quantitative estimate of drug-likeness (QED) is 0.671. The van der Waals surface area contributed by atoms with Gasteiger partial charge in [-0.05, 0) is 6.07 Å². The summed E-state index contributed by atoms with van der Waals surface area (Å²) >= 11 is 0. The van der Waals surface area contributed by atoms with Gasteiger partial charge in [0.15, 0.2) is 0 Å². The molecule has 2 aromatic rings. The molecule has 19 heavy (non-hydrogen) atoms. The van der Waals surface area contributed by atoms with Crippen molar-refractivity contribution in [3.63, 3.8) is 0 Å². The third-order valence-corrected chi connectivity index (χ3v) is 2.99. The molecule has 4 N–H and O–H groups in total. The number of H-pyrrole nitrogens is 1. The Labute approximate surface area is 108 Å². The Bertz CT molecular complexity index is 711. The number of carbonyl (C=O) groups is 1. The predicted molar refractivity (Wildman–Crippen MR) is 67.0 cm³/mol. The van der Waals surface area contributed by atoms with E-state index in [1.54, 1.807) is 6.07 Å². The van der Waals surface area contributed by atoms with Crippen molar-refractivity contribution in [2.24, 2.45) is 0 Å². The second-order valence-electron chi connectivity index (χ2n) is 4.18. The van der Waals surface area contributed by atoms with Crippen LogP contribution in [0.3, 0.4) is 0 Å². The summed E-state index contributed by atoms with van der Waals surface area (Å²) in [7, 11) is 0. The van der Waals surface area contributed by atoms with E-state index in [1.165, 1.54) is 6.20 Å². The molecule has 0 bridgehead atoms. The van der Waals surface area contributed by atoms with Crippen LogP contribution in [-0.2, 0) is 6.42 Å². The van der Waals surface area contributed by atoms with Crippen LogP contribution in [0.5, 0.6) is 0 Å². The van der Waals surface area contributed by atoms with Crippen LogP contribution < -0.4 is 11.1 Å². The number of nitrogen functional groups attached to an aromatic ring is 1. The van der Waals surface area contributed by atoms with Crippen molar-refractivity contribution in [1.29, 1.82) is 5.26 Å². The van der Waals surface area contributed by atoms with E-state index in [1.807, 2.05) is 6.07 Å². The van der Waals surface area contributed by atoms with Gasteiger partial charge in [-0.25, -0.2) is 9.97 Å². The van der Waals surface area contributed by atoms with Crippen molar-refractivity contribution in [1.82, 2.24) is 20.3 Å². The number of nitrogens with two attached hydrogens (primary N) is 1. The van der Waals surface area contributed by atoms with Gasteiger partial charge in [0.05, 0.1) is 23.0 Å². The van der Waals surface area contributed by atoms with Gasteiger partial charge in [0.25, 0.3) is 5.91 Å². The Morgan fingerprint density at radius 3 is 3.05 bits per heavy atom. The van der Waals surface area contributed by atoms with Gasteiger partial charge in [0.2, 0.25) is 5.95 Å². The normalized spacial score (nSPS) is 13.5. The summed E-state index contributed by atoms with van der Waals surface area (Å²) < 4.78 is 0. The molecule has 0 aromatic carbocycles. The molecule has 3 rings (SSSR count). The summed E-state index contributed by atoms with van der Waals surface area (Å²) in [5, 5.41) is 11.8. The number of hydrogen-bond acceptors (Lipinski definition) is 5. The van der Waals surface area contributed by atoms with Gasteiger partial charge in [-0.1, -0.05) is 0 Å². The highest BCUT2D eigenvalue weighted by atomic mass is 16.1. The molecule has 2 aromatic heterocycles. The number of amides is 1. The average Bonchev–Trinajstić information content (AvgIpc) is 2.84. The fourth-order valence-electron chi connectivity index (χ4n) is 2.10. The van der Waals surface area contributed by atoms with Gasteiger partial charge in [0.1, 0.15) is 11.8 Å². The molecule has 7 nitrogen and oxygen atoms in total. The zero-order valence-corrected chi connectivity index (χ0v) is 9.90. The topological polar surface area (TPSA) is 120 Å². The molecular weight excluding hydrogens is 244 g/mol. The summed E-state index contributed by atoms with van der Waals surface area (Å²) in [5.74, 6) is -0.0321. The molecule has 94 valence electrons. The maximum atomic E-state index is 11.7. The van der Waals surface area contributed by atoms with Crippen molar-refractivity contribution < 1.29 is 4.79 Å². The van der Waals surface area contributed by atoms with E-state index in [0.717, 1.165) is 12.1 Å². The van der Waals surface area contributed by atoms with E-state index < -0.39 is 0 Å². The van der Waals surface area contributed by atoms with Crippen LogP contribution in [0.15, 0.2) is 12.3 Å². The molecule has 3 heterocycles. The summed E-state index contributed by atoms with van der Waals surface area (Å²) in [4.78, 5) is 22.7. The van der Waals surface area contributed by atoms with Crippen molar-refractivity contribution in [2.75, 3.05) is 12.3 Å². The van der Waals surface area contributed by atoms with Gasteiger partial charge in [-0.15, -0.1) is 0 Å². The highest BCUT2D eigenvalue weighted by Crippen LogP contribution is 2.25. The van der Waals surface area contributed by atoms with E-state index in [9.17, 15) is 4.79 Å². The molecule has 1 aliphatic rings. The third-order valence-electron chi connectivity index (χ3n) is 2.99. The zero-order chi connectivity index (χ0) is 13.4. The van der Waals surface area contributed by atoms with Gasteiger partial charge in [-0.2, -0.15) is 5.26 Å². The van der Waals surface area contributed by atoms with E-state index in [2.05, 4.69) is 20.3 Å². The molecule has 0 radical (unpaired) electrons. The molecular formula is C12H10N6O. The van der Waals surface area contributed by atoms with Crippen molar-refractivity contribution in [2.45, 2.75) is 6.42 Å². The van der Waals surface area contributed by atoms with Crippen LogP contribution in [0.1, 0.15) is 21.6 Å². The Morgan fingerprint density at radius 1 is 1.47 bits per heavy atom. The van der Waals surface area contributed by atoms with Crippen LogP contribution in [0, 0.1) is 11.3 Å². The lowest BCUT2D eigenvalue weighted by atomic mass is 10.1. The Kier molecular flexibility index (Phi) is 2.42. The first-order valence-corrected chi connectivity index (χ1v) is 5.72. The van der Waals surface area contributed by atoms with Crippen molar-refractivity contribution in [3.8, 4) is 17.5 Å². The van der Waals surface area contributed by atoms with E-state index >= 15 is 0 Å². The van der Waals surface area contributed by atoms with Gasteiger partial charge >= 0.3 is 0 Å². The lowest BCUT2D eigenvalue weighted by molar-refractivity contribution is 0.0946. The minimum absolute atomic E-state index is 0.0889. The summed E-state index contributed by atoms with van der Waals surface area (Å²) in [6.45, 7) is 0.600. The van der Waals surface area contributed by atoms with Crippen LogP contribution in [0.2, 0.25) is 0 Å². The molecule has 0 aliphatic carbocycles. The number of nitrogens with one attached hydrogen (secondary N) is 2.